The quantitative estimate of drug-likeness (QED) is 0.386. The van der Waals surface area contributed by atoms with E-state index in [0.717, 1.165) is 0 Å². The van der Waals surface area contributed by atoms with Gasteiger partial charge in [0.25, 0.3) is 0 Å². The Morgan fingerprint density at radius 3 is 2.77 bits per heavy atom. The fraction of sp³-hybridized carbons (Fsp3) is 0.529. The maximum absolute atomic E-state index is 10.3. The highest BCUT2D eigenvalue weighted by Crippen LogP contribution is 2.34. The summed E-state index contributed by atoms with van der Waals surface area (Å²) in [4.78, 5) is 0. The van der Waals surface area contributed by atoms with Gasteiger partial charge in [-0.3, -0.25) is 0 Å². The lowest BCUT2D eigenvalue weighted by atomic mass is 9.85. The number of aliphatic hydroxyl groups excluding tert-OH is 1. The number of allylic oxidation sites excluding steroid dienone is 2. The third-order valence-corrected chi connectivity index (χ3v) is 3.10. The Labute approximate surface area is 132 Å². The van der Waals surface area contributed by atoms with Gasteiger partial charge in [0.05, 0.1) is 26.1 Å². The van der Waals surface area contributed by atoms with Gasteiger partial charge in [-0.25, -0.2) is 0 Å². The zero-order chi connectivity index (χ0) is 16.3. The molecule has 5 heteroatoms. The maximum Gasteiger partial charge on any atom is 0.147 e. The van der Waals surface area contributed by atoms with Crippen LogP contribution in [0.1, 0.15) is 25.7 Å². The number of ether oxygens (including phenoxy) is 3. The molecule has 1 aromatic heterocycles. The summed E-state index contributed by atoms with van der Waals surface area (Å²) in [5.41, 5.74) is -0.424. The minimum absolute atomic E-state index is 0.250. The summed E-state index contributed by atoms with van der Waals surface area (Å²) in [6.07, 6.45) is 8.46. The average Bonchev–Trinajstić information content (AvgIpc) is 3.02. The molecule has 0 fully saturated rings. The van der Waals surface area contributed by atoms with Crippen molar-refractivity contribution < 1.29 is 23.7 Å². The Hall–Kier alpha value is -1.40. The molecule has 22 heavy (non-hydrogen) atoms. The summed E-state index contributed by atoms with van der Waals surface area (Å²) >= 11 is 0. The molecular weight excluding hydrogens is 284 g/mol. The first-order valence-corrected chi connectivity index (χ1v) is 7.28. The van der Waals surface area contributed by atoms with E-state index in [0.29, 0.717) is 25.6 Å². The molecule has 1 unspecified atom stereocenters. The predicted molar refractivity (Wildman–Crippen MR) is 84.4 cm³/mol. The normalized spacial score (nSPS) is 14.2. The van der Waals surface area contributed by atoms with Crippen molar-refractivity contribution in [3.05, 3.63) is 48.5 Å². The third-order valence-electron chi connectivity index (χ3n) is 3.10. The van der Waals surface area contributed by atoms with Gasteiger partial charge in [-0.05, 0) is 12.1 Å². The van der Waals surface area contributed by atoms with Crippen molar-refractivity contribution in [1.29, 1.82) is 0 Å². The van der Waals surface area contributed by atoms with Crippen molar-refractivity contribution in [2.45, 2.75) is 20.0 Å². The summed E-state index contributed by atoms with van der Waals surface area (Å²) in [5.74, 6) is 0.565. The summed E-state index contributed by atoms with van der Waals surface area (Å²) in [6, 6.07) is 3.54. The van der Waals surface area contributed by atoms with Gasteiger partial charge in [-0.1, -0.05) is 38.2 Å². The van der Waals surface area contributed by atoms with Gasteiger partial charge >= 0.3 is 0 Å². The lowest BCUT2D eigenvalue weighted by Crippen LogP contribution is -2.18. The van der Waals surface area contributed by atoms with Gasteiger partial charge < -0.3 is 23.7 Å². The molecule has 124 valence electrons. The fourth-order valence-corrected chi connectivity index (χ4v) is 1.72. The van der Waals surface area contributed by atoms with E-state index in [4.69, 9.17) is 18.6 Å². The van der Waals surface area contributed by atoms with Gasteiger partial charge in [0.1, 0.15) is 18.7 Å². The molecule has 1 aromatic rings. The molecule has 0 spiro atoms. The molecule has 0 saturated carbocycles. The number of hydrogen-bond acceptors (Lipinski definition) is 5. The molecule has 1 rings (SSSR count). The zero-order valence-electron chi connectivity index (χ0n) is 13.5. The van der Waals surface area contributed by atoms with Crippen molar-refractivity contribution >= 4 is 0 Å². The summed E-state index contributed by atoms with van der Waals surface area (Å²) in [5, 5.41) is 10.3. The SMILES string of the molecule is COCCOCOC/C=C/C=C/C(C)(C)C(O)c1ccco1. The highest BCUT2D eigenvalue weighted by molar-refractivity contribution is 5.14. The predicted octanol–water partition coefficient (Wildman–Crippen LogP) is 3.09. The average molecular weight is 310 g/mol. The highest BCUT2D eigenvalue weighted by Gasteiger charge is 2.28. The first-order chi connectivity index (χ1) is 10.6. The van der Waals surface area contributed by atoms with Crippen molar-refractivity contribution in [1.82, 2.24) is 0 Å². The monoisotopic (exact) mass is 310 g/mol. The number of rotatable bonds is 11. The second-order valence-corrected chi connectivity index (χ2v) is 5.42. The smallest absolute Gasteiger partial charge is 0.147 e. The van der Waals surface area contributed by atoms with Crippen LogP contribution in [0.4, 0.5) is 0 Å². The Bertz CT molecular complexity index is 434. The molecule has 0 radical (unpaired) electrons. The minimum Gasteiger partial charge on any atom is -0.467 e. The van der Waals surface area contributed by atoms with Crippen LogP contribution in [0.25, 0.3) is 0 Å². The van der Waals surface area contributed by atoms with E-state index in [9.17, 15) is 5.11 Å². The van der Waals surface area contributed by atoms with Crippen LogP contribution >= 0.6 is 0 Å². The second kappa shape index (κ2) is 10.3. The second-order valence-electron chi connectivity index (χ2n) is 5.42. The van der Waals surface area contributed by atoms with E-state index in [1.807, 2.05) is 38.2 Å². The van der Waals surface area contributed by atoms with Gasteiger partial charge in [0.2, 0.25) is 0 Å². The molecule has 0 bridgehead atoms. The van der Waals surface area contributed by atoms with Crippen molar-refractivity contribution in [3.63, 3.8) is 0 Å². The largest absolute Gasteiger partial charge is 0.467 e. The number of methoxy groups -OCH3 is 1. The molecule has 0 saturated heterocycles. The summed E-state index contributed by atoms with van der Waals surface area (Å²) in [6.45, 7) is 5.71. The first kappa shape index (κ1) is 18.6. The minimum atomic E-state index is -0.683. The Morgan fingerprint density at radius 2 is 2.09 bits per heavy atom. The van der Waals surface area contributed by atoms with Crippen molar-refractivity contribution in [2.75, 3.05) is 33.7 Å². The lowest BCUT2D eigenvalue weighted by Gasteiger charge is -2.25. The molecular formula is C17H26O5. The van der Waals surface area contributed by atoms with Crippen LogP contribution in [0, 0.1) is 5.41 Å². The Kier molecular flexibility index (Phi) is 8.77. The molecule has 0 aromatic carbocycles. The number of furan rings is 1. The van der Waals surface area contributed by atoms with Crippen LogP contribution in [0.2, 0.25) is 0 Å². The molecule has 1 atom stereocenters. The molecule has 5 nitrogen and oxygen atoms in total. The van der Waals surface area contributed by atoms with Crippen molar-refractivity contribution in [2.24, 2.45) is 5.41 Å². The first-order valence-electron chi connectivity index (χ1n) is 7.28. The van der Waals surface area contributed by atoms with Crippen molar-refractivity contribution in [3.8, 4) is 0 Å². The van der Waals surface area contributed by atoms with Crippen LogP contribution in [0.5, 0.6) is 0 Å². The molecule has 1 N–H and O–H groups in total. The molecule has 0 amide bonds. The Morgan fingerprint density at radius 1 is 1.27 bits per heavy atom. The summed E-state index contributed by atoms with van der Waals surface area (Å²) < 4.78 is 20.5. The third kappa shape index (κ3) is 7.04. The van der Waals surface area contributed by atoms with Crippen LogP contribution in [-0.2, 0) is 14.2 Å². The zero-order valence-corrected chi connectivity index (χ0v) is 13.5. The van der Waals surface area contributed by atoms with E-state index >= 15 is 0 Å². The molecule has 0 aliphatic rings. The summed E-state index contributed by atoms with van der Waals surface area (Å²) in [7, 11) is 1.63. The van der Waals surface area contributed by atoms with Crippen LogP contribution < -0.4 is 0 Å². The van der Waals surface area contributed by atoms with E-state index in [2.05, 4.69) is 0 Å². The Balaban J connectivity index is 2.24. The van der Waals surface area contributed by atoms with Gasteiger partial charge in [0.15, 0.2) is 0 Å². The maximum atomic E-state index is 10.3. The van der Waals surface area contributed by atoms with Gasteiger partial charge in [0, 0.05) is 12.5 Å². The highest BCUT2D eigenvalue weighted by atomic mass is 16.7. The van der Waals surface area contributed by atoms with Crippen LogP contribution in [-0.4, -0.2) is 38.8 Å². The molecule has 1 heterocycles. The van der Waals surface area contributed by atoms with E-state index in [1.54, 1.807) is 25.5 Å². The van der Waals surface area contributed by atoms with Gasteiger partial charge in [-0.2, -0.15) is 0 Å². The molecule has 0 aliphatic heterocycles. The lowest BCUT2D eigenvalue weighted by molar-refractivity contribution is -0.0571. The number of aliphatic hydroxyl groups is 1. The van der Waals surface area contributed by atoms with E-state index in [1.165, 1.54) is 0 Å². The number of hydrogen-bond donors (Lipinski definition) is 1. The van der Waals surface area contributed by atoms with E-state index in [-0.39, 0.29) is 6.79 Å². The van der Waals surface area contributed by atoms with Crippen LogP contribution in [0.3, 0.4) is 0 Å². The molecule has 0 aliphatic carbocycles. The fourth-order valence-electron chi connectivity index (χ4n) is 1.72. The standard InChI is InChI=1S/C17H26O5/c1-17(2,16(18)15-8-7-11-22-15)9-5-4-6-10-20-14-21-13-12-19-3/h4-9,11,16,18H,10,12-14H2,1-3H3/b6-4+,9-5+. The van der Waals surface area contributed by atoms with Gasteiger partial charge in [-0.15, -0.1) is 0 Å². The van der Waals surface area contributed by atoms with E-state index < -0.39 is 11.5 Å². The van der Waals surface area contributed by atoms with Crippen LogP contribution in [0.15, 0.2) is 47.1 Å². The topological polar surface area (TPSA) is 61.1 Å².